The van der Waals surface area contributed by atoms with Crippen LogP contribution in [0.2, 0.25) is 0 Å². The summed E-state index contributed by atoms with van der Waals surface area (Å²) in [6.07, 6.45) is 0. The summed E-state index contributed by atoms with van der Waals surface area (Å²) < 4.78 is 0. The Balaban J connectivity index is 0.000000581. The number of Topliss-reactive ketones (excluding diaryl/α,β-unsaturated/α-hetero) is 1. The molecule has 3 heteroatoms. The van der Waals surface area contributed by atoms with E-state index >= 15 is 0 Å². The number of rotatable bonds is 0. The van der Waals surface area contributed by atoms with E-state index in [0.717, 1.165) is 5.56 Å². The molecule has 1 aliphatic rings. The molecule has 0 atom stereocenters. The van der Waals surface area contributed by atoms with Gasteiger partial charge in [0.05, 0.1) is 11.3 Å². The number of likely N-dealkylation sites (N-methyl/N-ethyl adjacent to an activating group) is 1. The maximum absolute atomic E-state index is 11.4. The Hall–Kier alpha value is -1.64. The fraction of sp³-hybridized carbons (Fsp3) is 0.429. The molecule has 1 amide bonds. The van der Waals surface area contributed by atoms with E-state index < -0.39 is 11.7 Å². The van der Waals surface area contributed by atoms with E-state index in [-0.39, 0.29) is 0 Å². The van der Waals surface area contributed by atoms with Crippen molar-refractivity contribution in [1.82, 2.24) is 0 Å². The van der Waals surface area contributed by atoms with Crippen LogP contribution in [0.1, 0.15) is 43.6 Å². The molecule has 0 aliphatic carbocycles. The van der Waals surface area contributed by atoms with Gasteiger partial charge >= 0.3 is 0 Å². The minimum atomic E-state index is -0.444. The van der Waals surface area contributed by atoms with Crippen molar-refractivity contribution in [3.8, 4) is 0 Å². The van der Waals surface area contributed by atoms with Gasteiger partial charge < -0.3 is 4.90 Å². The summed E-state index contributed by atoms with van der Waals surface area (Å²) >= 11 is 0. The zero-order valence-corrected chi connectivity index (χ0v) is 11.5. The fourth-order valence-electron chi connectivity index (χ4n) is 1.50. The lowest BCUT2D eigenvalue weighted by Crippen LogP contribution is -2.24. The number of carbonyl (C=O) groups excluding carboxylic acids is 2. The SMILES string of the molecule is CC.CC.Cc1ccc2c(c1)C(=O)C(=O)N2C. The van der Waals surface area contributed by atoms with Gasteiger partial charge in [-0.3, -0.25) is 9.59 Å². The van der Waals surface area contributed by atoms with Crippen LogP contribution in [0, 0.1) is 6.92 Å². The molecule has 1 aliphatic heterocycles. The summed E-state index contributed by atoms with van der Waals surface area (Å²) in [4.78, 5) is 24.0. The van der Waals surface area contributed by atoms with Crippen LogP contribution in [0.5, 0.6) is 0 Å². The van der Waals surface area contributed by atoms with E-state index in [4.69, 9.17) is 0 Å². The van der Waals surface area contributed by atoms with E-state index in [0.29, 0.717) is 11.3 Å². The first kappa shape index (κ1) is 15.4. The van der Waals surface area contributed by atoms with Crippen LogP contribution in [0.3, 0.4) is 0 Å². The number of hydrogen-bond donors (Lipinski definition) is 0. The van der Waals surface area contributed by atoms with Gasteiger partial charge in [-0.05, 0) is 19.1 Å². The maximum atomic E-state index is 11.4. The molecule has 0 saturated heterocycles. The van der Waals surface area contributed by atoms with Gasteiger partial charge in [-0.25, -0.2) is 0 Å². The Morgan fingerprint density at radius 2 is 1.53 bits per heavy atom. The molecular formula is C14H21NO2. The molecule has 0 spiro atoms. The largest absolute Gasteiger partial charge is 0.308 e. The molecule has 17 heavy (non-hydrogen) atoms. The van der Waals surface area contributed by atoms with Crippen LogP contribution >= 0.6 is 0 Å². The van der Waals surface area contributed by atoms with Gasteiger partial charge in [-0.15, -0.1) is 0 Å². The molecular weight excluding hydrogens is 214 g/mol. The van der Waals surface area contributed by atoms with E-state index in [2.05, 4.69) is 0 Å². The zero-order chi connectivity index (χ0) is 13.6. The van der Waals surface area contributed by atoms with E-state index in [9.17, 15) is 9.59 Å². The van der Waals surface area contributed by atoms with Crippen molar-refractivity contribution in [2.24, 2.45) is 0 Å². The number of fused-ring (bicyclic) bond motifs is 1. The van der Waals surface area contributed by atoms with Crippen LogP contribution in [-0.4, -0.2) is 18.7 Å². The maximum Gasteiger partial charge on any atom is 0.299 e. The third-order valence-electron chi connectivity index (χ3n) is 2.26. The fourth-order valence-corrected chi connectivity index (χ4v) is 1.50. The minimum Gasteiger partial charge on any atom is -0.308 e. The number of benzene rings is 1. The Bertz CT molecular complexity index is 411. The smallest absolute Gasteiger partial charge is 0.299 e. The summed E-state index contributed by atoms with van der Waals surface area (Å²) in [6, 6.07) is 5.44. The number of anilines is 1. The van der Waals surface area contributed by atoms with Crippen molar-refractivity contribution in [2.75, 3.05) is 11.9 Å². The van der Waals surface area contributed by atoms with Gasteiger partial charge in [0, 0.05) is 7.05 Å². The van der Waals surface area contributed by atoms with E-state index in [1.54, 1.807) is 19.2 Å². The van der Waals surface area contributed by atoms with Crippen molar-refractivity contribution < 1.29 is 9.59 Å². The summed E-state index contributed by atoms with van der Waals surface area (Å²) in [7, 11) is 1.61. The molecule has 0 aromatic heterocycles. The van der Waals surface area contributed by atoms with Crippen LogP contribution in [-0.2, 0) is 4.79 Å². The normalized spacial score (nSPS) is 12.2. The van der Waals surface area contributed by atoms with Gasteiger partial charge in [0.1, 0.15) is 0 Å². The lowest BCUT2D eigenvalue weighted by atomic mass is 10.1. The number of hydrogen-bond acceptors (Lipinski definition) is 2. The first-order valence-electron chi connectivity index (χ1n) is 6.04. The van der Waals surface area contributed by atoms with Crippen LogP contribution in [0.4, 0.5) is 5.69 Å². The summed E-state index contributed by atoms with van der Waals surface area (Å²) in [5.41, 5.74) is 2.23. The number of amides is 1. The molecule has 94 valence electrons. The summed E-state index contributed by atoms with van der Waals surface area (Å²) in [5.74, 6) is -0.846. The third kappa shape index (κ3) is 2.93. The number of nitrogens with zero attached hydrogens (tertiary/aromatic N) is 1. The second-order valence-corrected chi connectivity index (χ2v) is 3.21. The molecule has 3 nitrogen and oxygen atoms in total. The quantitative estimate of drug-likeness (QED) is 0.647. The van der Waals surface area contributed by atoms with Crippen LogP contribution < -0.4 is 4.90 Å². The van der Waals surface area contributed by atoms with Gasteiger partial charge in [-0.1, -0.05) is 39.3 Å². The predicted octanol–water partition coefficient (Wildman–Crippen LogP) is 3.21. The highest BCUT2D eigenvalue weighted by molar-refractivity contribution is 6.52. The zero-order valence-electron chi connectivity index (χ0n) is 11.5. The molecule has 1 aromatic carbocycles. The molecule has 2 rings (SSSR count). The van der Waals surface area contributed by atoms with E-state index in [1.807, 2.05) is 40.7 Å². The molecule has 1 heterocycles. The second kappa shape index (κ2) is 6.84. The lowest BCUT2D eigenvalue weighted by molar-refractivity contribution is -0.114. The first-order chi connectivity index (χ1) is 8.11. The highest BCUT2D eigenvalue weighted by Gasteiger charge is 2.32. The van der Waals surface area contributed by atoms with Crippen LogP contribution in [0.15, 0.2) is 18.2 Å². The van der Waals surface area contributed by atoms with Crippen molar-refractivity contribution in [3.05, 3.63) is 29.3 Å². The average molecular weight is 235 g/mol. The Morgan fingerprint density at radius 3 is 2.06 bits per heavy atom. The predicted molar refractivity (Wildman–Crippen MR) is 71.6 cm³/mol. The second-order valence-electron chi connectivity index (χ2n) is 3.21. The molecule has 0 bridgehead atoms. The molecule has 0 radical (unpaired) electrons. The molecule has 0 saturated carbocycles. The van der Waals surface area contributed by atoms with Gasteiger partial charge in [0.25, 0.3) is 11.7 Å². The monoisotopic (exact) mass is 235 g/mol. The van der Waals surface area contributed by atoms with Crippen molar-refractivity contribution in [1.29, 1.82) is 0 Å². The molecule has 1 aromatic rings. The topological polar surface area (TPSA) is 37.4 Å². The van der Waals surface area contributed by atoms with Gasteiger partial charge in [-0.2, -0.15) is 0 Å². The van der Waals surface area contributed by atoms with E-state index in [1.165, 1.54) is 4.90 Å². The molecule has 0 fully saturated rings. The minimum absolute atomic E-state index is 0.402. The highest BCUT2D eigenvalue weighted by Crippen LogP contribution is 2.27. The van der Waals surface area contributed by atoms with Crippen molar-refractivity contribution in [2.45, 2.75) is 34.6 Å². The van der Waals surface area contributed by atoms with Crippen LogP contribution in [0.25, 0.3) is 0 Å². The Labute approximate surface area is 103 Å². The first-order valence-corrected chi connectivity index (χ1v) is 6.04. The Kier molecular flexibility index (Phi) is 6.18. The van der Waals surface area contributed by atoms with Gasteiger partial charge in [0.15, 0.2) is 0 Å². The summed E-state index contributed by atoms with van der Waals surface area (Å²) in [5, 5.41) is 0. The van der Waals surface area contributed by atoms with Gasteiger partial charge in [0.2, 0.25) is 0 Å². The number of carbonyl (C=O) groups is 2. The number of aryl methyl sites for hydroxylation is 1. The van der Waals surface area contributed by atoms with Crippen molar-refractivity contribution >= 4 is 17.4 Å². The average Bonchev–Trinajstić information content (AvgIpc) is 2.59. The molecule has 0 unspecified atom stereocenters. The Morgan fingerprint density at radius 1 is 1.00 bits per heavy atom. The number of ketones is 1. The molecule has 0 N–H and O–H groups in total. The highest BCUT2D eigenvalue weighted by atomic mass is 16.2. The van der Waals surface area contributed by atoms with Crippen molar-refractivity contribution in [3.63, 3.8) is 0 Å². The third-order valence-corrected chi connectivity index (χ3v) is 2.26. The lowest BCUT2D eigenvalue weighted by Gasteiger charge is -2.07. The standard InChI is InChI=1S/C10H9NO2.2C2H6/c1-6-3-4-8-7(5-6)9(12)10(13)11(8)2;2*1-2/h3-5H,1-2H3;2*1-2H3. The summed E-state index contributed by atoms with van der Waals surface area (Å²) in [6.45, 7) is 9.90.